The van der Waals surface area contributed by atoms with Crippen LogP contribution in [-0.2, 0) is 4.79 Å². The van der Waals surface area contributed by atoms with Crippen LogP contribution >= 0.6 is 11.8 Å². The van der Waals surface area contributed by atoms with E-state index in [1.54, 1.807) is 7.11 Å². The topological polar surface area (TPSA) is 79.9 Å². The van der Waals surface area contributed by atoms with Crippen molar-refractivity contribution in [2.75, 3.05) is 12.4 Å². The molecule has 0 saturated heterocycles. The summed E-state index contributed by atoms with van der Waals surface area (Å²) in [6, 6.07) is 15.5. The third-order valence-electron chi connectivity index (χ3n) is 4.32. The van der Waals surface area contributed by atoms with Gasteiger partial charge in [0.25, 0.3) is 0 Å². The minimum absolute atomic E-state index is 0.0851. The van der Waals surface area contributed by atoms with E-state index >= 15 is 0 Å². The first-order valence-corrected chi connectivity index (χ1v) is 9.98. The first-order valence-electron chi connectivity index (χ1n) is 9.10. The summed E-state index contributed by atoms with van der Waals surface area (Å²) in [5.41, 5.74) is 2.94. The van der Waals surface area contributed by atoms with E-state index in [2.05, 4.69) is 34.3 Å². The minimum Gasteiger partial charge on any atom is -0.497 e. The highest BCUT2D eigenvalue weighted by atomic mass is 32.2. The molecule has 0 saturated carbocycles. The molecule has 3 rings (SSSR count). The van der Waals surface area contributed by atoms with Crippen molar-refractivity contribution in [2.45, 2.75) is 37.1 Å². The molecule has 1 heterocycles. The van der Waals surface area contributed by atoms with Gasteiger partial charge in [0.05, 0.1) is 12.4 Å². The fraction of sp³-hybridized carbons (Fsp3) is 0.286. The Balaban J connectivity index is 1.60. The molecule has 3 aromatic rings. The number of methoxy groups -OCH3 is 1. The Kier molecular flexibility index (Phi) is 6.36. The summed E-state index contributed by atoms with van der Waals surface area (Å²) < 4.78 is 5.16. The van der Waals surface area contributed by atoms with E-state index in [4.69, 9.17) is 4.74 Å². The highest BCUT2D eigenvalue weighted by molar-refractivity contribution is 8.00. The van der Waals surface area contributed by atoms with E-state index < -0.39 is 0 Å². The van der Waals surface area contributed by atoms with Crippen LogP contribution in [0.25, 0.3) is 11.4 Å². The third kappa shape index (κ3) is 4.92. The van der Waals surface area contributed by atoms with Gasteiger partial charge < -0.3 is 10.1 Å². The summed E-state index contributed by atoms with van der Waals surface area (Å²) in [5, 5.41) is 10.3. The second-order valence-corrected chi connectivity index (χ2v) is 8.03. The van der Waals surface area contributed by atoms with Crippen molar-refractivity contribution < 1.29 is 9.53 Å². The molecule has 1 amide bonds. The first kappa shape index (κ1) is 19.9. The SMILES string of the molecule is COc1ccc(-c2nc(S[C@H](C)C(=O)Nc3ccc(C(C)C)cc3)n[nH]2)cc1. The fourth-order valence-electron chi connectivity index (χ4n) is 2.58. The molecular weight excluding hydrogens is 372 g/mol. The summed E-state index contributed by atoms with van der Waals surface area (Å²) in [7, 11) is 1.63. The molecule has 2 N–H and O–H groups in total. The van der Waals surface area contributed by atoms with Crippen LogP contribution in [-0.4, -0.2) is 33.4 Å². The normalized spacial score (nSPS) is 12.0. The van der Waals surface area contributed by atoms with E-state index in [0.717, 1.165) is 17.0 Å². The van der Waals surface area contributed by atoms with Crippen LogP contribution in [0.2, 0.25) is 0 Å². The summed E-state index contributed by atoms with van der Waals surface area (Å²) >= 11 is 1.31. The molecular formula is C21H24N4O2S. The Morgan fingerprint density at radius 1 is 1.07 bits per heavy atom. The molecule has 6 nitrogen and oxygen atoms in total. The lowest BCUT2D eigenvalue weighted by molar-refractivity contribution is -0.115. The van der Waals surface area contributed by atoms with Crippen LogP contribution < -0.4 is 10.1 Å². The number of amides is 1. The number of thioether (sulfide) groups is 1. The van der Waals surface area contributed by atoms with Gasteiger partial charge in [-0.1, -0.05) is 37.7 Å². The minimum atomic E-state index is -0.329. The molecule has 1 atom stereocenters. The van der Waals surface area contributed by atoms with Crippen molar-refractivity contribution in [2.24, 2.45) is 0 Å². The standard InChI is InChI=1S/C21H24N4O2S/c1-13(2)15-5-9-17(10-6-15)22-20(26)14(3)28-21-23-19(24-25-21)16-7-11-18(27-4)12-8-16/h5-14H,1-4H3,(H,22,26)(H,23,24,25)/t14-/m1/s1. The largest absolute Gasteiger partial charge is 0.497 e. The highest BCUT2D eigenvalue weighted by Crippen LogP contribution is 2.25. The van der Waals surface area contributed by atoms with Gasteiger partial charge in [-0.3, -0.25) is 9.89 Å². The number of ether oxygens (including phenoxy) is 1. The number of aromatic nitrogens is 3. The first-order chi connectivity index (χ1) is 13.5. The summed E-state index contributed by atoms with van der Waals surface area (Å²) in [6.07, 6.45) is 0. The number of rotatable bonds is 7. The number of hydrogen-bond acceptors (Lipinski definition) is 5. The lowest BCUT2D eigenvalue weighted by Gasteiger charge is -2.11. The number of carbonyl (C=O) groups excluding carboxylic acids is 1. The van der Waals surface area contributed by atoms with E-state index in [1.807, 2.05) is 55.5 Å². The fourth-order valence-corrected chi connectivity index (χ4v) is 3.31. The molecule has 2 aromatic carbocycles. The van der Waals surface area contributed by atoms with Gasteiger partial charge in [-0.25, -0.2) is 4.98 Å². The monoisotopic (exact) mass is 396 g/mol. The molecule has 0 spiro atoms. The zero-order valence-electron chi connectivity index (χ0n) is 16.4. The molecule has 0 aliphatic carbocycles. The molecule has 146 valence electrons. The van der Waals surface area contributed by atoms with E-state index in [1.165, 1.54) is 17.3 Å². The van der Waals surface area contributed by atoms with Gasteiger partial charge in [0.15, 0.2) is 5.82 Å². The third-order valence-corrected chi connectivity index (χ3v) is 5.29. The maximum absolute atomic E-state index is 12.5. The average Bonchev–Trinajstić information content (AvgIpc) is 3.17. The zero-order valence-corrected chi connectivity index (χ0v) is 17.2. The predicted octanol–water partition coefficient (Wildman–Crippen LogP) is 4.72. The number of benzene rings is 2. The van der Waals surface area contributed by atoms with Crippen molar-refractivity contribution >= 4 is 23.4 Å². The average molecular weight is 397 g/mol. The Morgan fingerprint density at radius 3 is 2.36 bits per heavy atom. The highest BCUT2D eigenvalue weighted by Gasteiger charge is 2.18. The molecule has 1 aromatic heterocycles. The second kappa shape index (κ2) is 8.93. The van der Waals surface area contributed by atoms with Crippen molar-refractivity contribution in [1.82, 2.24) is 15.2 Å². The Morgan fingerprint density at radius 2 is 1.75 bits per heavy atom. The van der Waals surface area contributed by atoms with Gasteiger partial charge in [0.2, 0.25) is 11.1 Å². The van der Waals surface area contributed by atoms with Gasteiger partial charge in [-0.05, 0) is 54.8 Å². The smallest absolute Gasteiger partial charge is 0.237 e. The number of carbonyl (C=O) groups is 1. The van der Waals surface area contributed by atoms with Crippen LogP contribution in [0.3, 0.4) is 0 Å². The van der Waals surface area contributed by atoms with E-state index in [-0.39, 0.29) is 11.2 Å². The Bertz CT molecular complexity index is 920. The molecule has 7 heteroatoms. The lowest BCUT2D eigenvalue weighted by atomic mass is 10.0. The predicted molar refractivity (Wildman–Crippen MR) is 113 cm³/mol. The second-order valence-electron chi connectivity index (χ2n) is 6.72. The zero-order chi connectivity index (χ0) is 20.1. The summed E-state index contributed by atoms with van der Waals surface area (Å²) in [4.78, 5) is 16.9. The van der Waals surface area contributed by atoms with Crippen molar-refractivity contribution in [3.05, 3.63) is 54.1 Å². The van der Waals surface area contributed by atoms with E-state index in [9.17, 15) is 4.79 Å². The number of nitrogens with zero attached hydrogens (tertiary/aromatic N) is 2. The van der Waals surface area contributed by atoms with Crippen molar-refractivity contribution in [1.29, 1.82) is 0 Å². The van der Waals surface area contributed by atoms with Gasteiger partial charge >= 0.3 is 0 Å². The van der Waals surface area contributed by atoms with Crippen LogP contribution in [0, 0.1) is 0 Å². The molecule has 0 unspecified atom stereocenters. The maximum atomic E-state index is 12.5. The maximum Gasteiger partial charge on any atom is 0.237 e. The number of nitrogens with one attached hydrogen (secondary N) is 2. The Labute approximate surface area is 169 Å². The van der Waals surface area contributed by atoms with Crippen molar-refractivity contribution in [3.8, 4) is 17.1 Å². The van der Waals surface area contributed by atoms with Gasteiger partial charge in [0.1, 0.15) is 5.75 Å². The van der Waals surface area contributed by atoms with Crippen LogP contribution in [0.1, 0.15) is 32.3 Å². The number of hydrogen-bond donors (Lipinski definition) is 2. The van der Waals surface area contributed by atoms with E-state index in [0.29, 0.717) is 16.9 Å². The lowest BCUT2D eigenvalue weighted by Crippen LogP contribution is -2.22. The summed E-state index contributed by atoms with van der Waals surface area (Å²) in [6.45, 7) is 6.12. The molecule has 0 radical (unpaired) electrons. The number of H-pyrrole nitrogens is 1. The van der Waals surface area contributed by atoms with Gasteiger partial charge in [-0.2, -0.15) is 0 Å². The van der Waals surface area contributed by atoms with Crippen LogP contribution in [0.4, 0.5) is 5.69 Å². The van der Waals surface area contributed by atoms with Crippen LogP contribution in [0.5, 0.6) is 5.75 Å². The quantitative estimate of drug-likeness (QED) is 0.565. The van der Waals surface area contributed by atoms with Crippen LogP contribution in [0.15, 0.2) is 53.7 Å². The number of anilines is 1. The number of aromatic amines is 1. The van der Waals surface area contributed by atoms with Crippen molar-refractivity contribution in [3.63, 3.8) is 0 Å². The molecule has 0 aliphatic rings. The molecule has 28 heavy (non-hydrogen) atoms. The van der Waals surface area contributed by atoms with Gasteiger partial charge in [0, 0.05) is 11.3 Å². The Hall–Kier alpha value is -2.80. The molecule has 0 bridgehead atoms. The van der Waals surface area contributed by atoms with Gasteiger partial charge in [-0.15, -0.1) is 5.10 Å². The summed E-state index contributed by atoms with van der Waals surface area (Å²) in [5.74, 6) is 1.81. The molecule has 0 aliphatic heterocycles. The molecule has 0 fully saturated rings.